The summed E-state index contributed by atoms with van der Waals surface area (Å²) in [5.74, 6) is 1.83. The number of thiazole rings is 1. The zero-order valence-electron chi connectivity index (χ0n) is 17.8. The Hall–Kier alpha value is -2.52. The van der Waals surface area contributed by atoms with Crippen LogP contribution < -0.4 is 19.1 Å². The Morgan fingerprint density at radius 2 is 2.00 bits per heavy atom. The molecule has 32 heavy (non-hydrogen) atoms. The molecule has 0 atom stereocenters. The monoisotopic (exact) mass is 495 g/mol. The zero-order chi connectivity index (χ0) is 22.0. The van der Waals surface area contributed by atoms with Crippen LogP contribution in [-0.4, -0.2) is 56.9 Å². The highest BCUT2D eigenvalue weighted by molar-refractivity contribution is 7.23. The molecule has 1 aliphatic rings. The molecule has 0 saturated carbocycles. The van der Waals surface area contributed by atoms with Crippen LogP contribution in [-0.2, 0) is 4.79 Å². The smallest absolute Gasteiger partial charge is 0.252 e. The van der Waals surface area contributed by atoms with Crippen LogP contribution in [0.3, 0.4) is 0 Å². The minimum Gasteiger partial charge on any atom is -0.494 e. The first-order valence-corrected chi connectivity index (χ1v) is 10.8. The average Bonchev–Trinajstić information content (AvgIpc) is 3.40. The lowest BCUT2D eigenvalue weighted by atomic mass is 10.2. The van der Waals surface area contributed by atoms with E-state index < -0.39 is 0 Å². The van der Waals surface area contributed by atoms with Crippen molar-refractivity contribution in [3.05, 3.63) is 47.0 Å². The van der Waals surface area contributed by atoms with Crippen LogP contribution in [0.1, 0.15) is 5.56 Å². The first kappa shape index (κ1) is 24.1. The van der Waals surface area contributed by atoms with Gasteiger partial charge in [0.05, 0.1) is 16.8 Å². The number of nitrogens with zero attached hydrogens (tertiary/aromatic N) is 3. The van der Waals surface area contributed by atoms with E-state index in [2.05, 4.69) is 4.98 Å². The fourth-order valence-electron chi connectivity index (χ4n) is 3.10. The number of ether oxygens (including phenoxy) is 3. The molecule has 2 heterocycles. The molecule has 1 aliphatic heterocycles. The molecule has 0 saturated heterocycles. The van der Waals surface area contributed by atoms with Crippen molar-refractivity contribution >= 4 is 62.7 Å². The highest BCUT2D eigenvalue weighted by Gasteiger charge is 2.21. The van der Waals surface area contributed by atoms with Crippen molar-refractivity contribution in [2.45, 2.75) is 0 Å². The van der Waals surface area contributed by atoms with Gasteiger partial charge in [-0.05, 0) is 50.0 Å². The Bertz CT molecular complexity index is 1150. The highest BCUT2D eigenvalue weighted by atomic mass is 35.5. The fraction of sp³-hybridized carbons (Fsp3) is 0.273. The summed E-state index contributed by atoms with van der Waals surface area (Å²) in [7, 11) is 5.51. The molecule has 4 rings (SSSR count). The van der Waals surface area contributed by atoms with Crippen LogP contribution in [0.15, 0.2) is 36.4 Å². The molecule has 0 aliphatic carbocycles. The summed E-state index contributed by atoms with van der Waals surface area (Å²) >= 11 is 7.74. The lowest BCUT2D eigenvalue weighted by Crippen LogP contribution is -2.35. The molecule has 3 aromatic rings. The third-order valence-corrected chi connectivity index (χ3v) is 6.29. The molecule has 0 bridgehead atoms. The number of likely N-dealkylation sites (N-methyl/N-ethyl adjacent to an activating group) is 1. The maximum atomic E-state index is 13.1. The quantitative estimate of drug-likeness (QED) is 0.442. The number of methoxy groups -OCH3 is 1. The minimum atomic E-state index is -0.173. The standard InChI is InChI=1S/C22H22ClN3O4S.ClH/c1-25(2)10-11-26(22-24-20-17(28-3)8-6-15(23)21(20)31-22)19(27)9-5-14-4-7-16-18(12-14)30-13-29-16;/h4-9,12H,10-11,13H2,1-3H3;1H. The Balaban J connectivity index is 0.00000289. The van der Waals surface area contributed by atoms with Crippen molar-refractivity contribution in [2.75, 3.05) is 46.0 Å². The van der Waals surface area contributed by atoms with Gasteiger partial charge >= 0.3 is 0 Å². The van der Waals surface area contributed by atoms with Crippen LogP contribution in [0.2, 0.25) is 5.02 Å². The van der Waals surface area contributed by atoms with Crippen molar-refractivity contribution in [2.24, 2.45) is 0 Å². The van der Waals surface area contributed by atoms with Gasteiger partial charge in [-0.25, -0.2) is 4.98 Å². The van der Waals surface area contributed by atoms with Crippen LogP contribution in [0, 0.1) is 0 Å². The number of aromatic nitrogens is 1. The van der Waals surface area contributed by atoms with E-state index >= 15 is 0 Å². The van der Waals surface area contributed by atoms with E-state index in [4.69, 9.17) is 25.8 Å². The third kappa shape index (κ3) is 5.10. The van der Waals surface area contributed by atoms with Gasteiger partial charge in [0.25, 0.3) is 5.91 Å². The molecule has 7 nitrogen and oxygen atoms in total. The van der Waals surface area contributed by atoms with Gasteiger partial charge in [0.2, 0.25) is 6.79 Å². The van der Waals surface area contributed by atoms with E-state index in [1.54, 1.807) is 30.2 Å². The summed E-state index contributed by atoms with van der Waals surface area (Å²) in [6.45, 7) is 1.38. The average molecular weight is 496 g/mol. The number of fused-ring (bicyclic) bond motifs is 2. The summed E-state index contributed by atoms with van der Waals surface area (Å²) in [4.78, 5) is 21.5. The molecule has 0 spiro atoms. The van der Waals surface area contributed by atoms with Crippen molar-refractivity contribution in [3.8, 4) is 17.2 Å². The van der Waals surface area contributed by atoms with Crippen molar-refractivity contribution in [1.29, 1.82) is 0 Å². The summed E-state index contributed by atoms with van der Waals surface area (Å²) in [6.07, 6.45) is 3.30. The van der Waals surface area contributed by atoms with E-state index in [-0.39, 0.29) is 25.1 Å². The number of hydrogen-bond acceptors (Lipinski definition) is 7. The van der Waals surface area contributed by atoms with Crippen molar-refractivity contribution in [3.63, 3.8) is 0 Å². The lowest BCUT2D eigenvalue weighted by Gasteiger charge is -2.20. The molecule has 0 fully saturated rings. The first-order valence-electron chi connectivity index (χ1n) is 9.63. The number of carbonyl (C=O) groups excluding carboxylic acids is 1. The molecule has 1 aromatic heterocycles. The zero-order valence-corrected chi connectivity index (χ0v) is 20.2. The summed E-state index contributed by atoms with van der Waals surface area (Å²) in [6, 6.07) is 9.11. The van der Waals surface area contributed by atoms with Gasteiger partial charge in [-0.15, -0.1) is 12.4 Å². The van der Waals surface area contributed by atoms with E-state index in [0.717, 1.165) is 10.3 Å². The van der Waals surface area contributed by atoms with Gasteiger partial charge in [0, 0.05) is 19.2 Å². The second-order valence-corrected chi connectivity index (χ2v) is 8.55. The number of amides is 1. The first-order chi connectivity index (χ1) is 15.0. The maximum absolute atomic E-state index is 13.1. The summed E-state index contributed by atoms with van der Waals surface area (Å²) < 4.78 is 16.9. The van der Waals surface area contributed by atoms with Crippen molar-refractivity contribution < 1.29 is 19.0 Å². The van der Waals surface area contributed by atoms with E-state index in [9.17, 15) is 4.79 Å². The molecule has 10 heteroatoms. The topological polar surface area (TPSA) is 64.1 Å². The number of carbonyl (C=O) groups is 1. The second-order valence-electron chi connectivity index (χ2n) is 7.16. The van der Waals surface area contributed by atoms with Crippen LogP contribution in [0.4, 0.5) is 5.13 Å². The van der Waals surface area contributed by atoms with Crippen LogP contribution in [0.5, 0.6) is 17.2 Å². The Morgan fingerprint density at radius 1 is 1.22 bits per heavy atom. The predicted molar refractivity (Wildman–Crippen MR) is 131 cm³/mol. The highest BCUT2D eigenvalue weighted by Crippen LogP contribution is 2.39. The summed E-state index contributed by atoms with van der Waals surface area (Å²) in [5.41, 5.74) is 1.50. The number of anilines is 1. The molecule has 0 unspecified atom stereocenters. The van der Waals surface area contributed by atoms with Gasteiger partial charge in [-0.3, -0.25) is 9.69 Å². The molecule has 170 valence electrons. The van der Waals surface area contributed by atoms with E-state index in [1.165, 1.54) is 17.4 Å². The van der Waals surface area contributed by atoms with Gasteiger partial charge in [0.1, 0.15) is 11.3 Å². The maximum Gasteiger partial charge on any atom is 0.252 e. The predicted octanol–water partition coefficient (Wildman–Crippen LogP) is 4.72. The van der Waals surface area contributed by atoms with Gasteiger partial charge in [0.15, 0.2) is 16.6 Å². The number of rotatable bonds is 7. The Morgan fingerprint density at radius 3 is 2.75 bits per heavy atom. The minimum absolute atomic E-state index is 0. The largest absolute Gasteiger partial charge is 0.494 e. The number of halogens is 2. The van der Waals surface area contributed by atoms with Gasteiger partial charge < -0.3 is 19.1 Å². The molecule has 2 aromatic carbocycles. The second kappa shape index (κ2) is 10.4. The van der Waals surface area contributed by atoms with E-state index in [0.29, 0.717) is 46.0 Å². The molecule has 0 radical (unpaired) electrons. The van der Waals surface area contributed by atoms with Crippen LogP contribution >= 0.6 is 35.3 Å². The van der Waals surface area contributed by atoms with Crippen LogP contribution in [0.25, 0.3) is 16.3 Å². The molecular formula is C22H23Cl2N3O4S. The molecule has 0 N–H and O–H groups in total. The third-order valence-electron chi connectivity index (χ3n) is 4.75. The van der Waals surface area contributed by atoms with Gasteiger partial charge in [-0.1, -0.05) is 29.0 Å². The fourth-order valence-corrected chi connectivity index (χ4v) is 4.38. The molecule has 1 amide bonds. The molecular weight excluding hydrogens is 473 g/mol. The summed E-state index contributed by atoms with van der Waals surface area (Å²) in [5, 5.41) is 1.15. The lowest BCUT2D eigenvalue weighted by molar-refractivity contribution is -0.114. The van der Waals surface area contributed by atoms with Gasteiger partial charge in [-0.2, -0.15) is 0 Å². The Labute approximate surface area is 201 Å². The SMILES string of the molecule is COc1ccc(Cl)c2sc(N(CCN(C)C)C(=O)C=Cc3ccc4c(c3)OCO4)nc12.Cl. The normalized spacial score (nSPS) is 12.4. The number of hydrogen-bond donors (Lipinski definition) is 0. The van der Waals surface area contributed by atoms with E-state index in [1.807, 2.05) is 37.2 Å². The van der Waals surface area contributed by atoms with Crippen molar-refractivity contribution in [1.82, 2.24) is 9.88 Å². The number of benzene rings is 2. The Kier molecular flexibility index (Phi) is 7.84.